The van der Waals surface area contributed by atoms with Gasteiger partial charge in [0, 0.05) is 17.0 Å². The number of halogens is 1. The highest BCUT2D eigenvalue weighted by molar-refractivity contribution is 6.30. The van der Waals surface area contributed by atoms with Crippen molar-refractivity contribution in [2.75, 3.05) is 6.54 Å². The Balaban J connectivity index is 1.51. The Hall–Kier alpha value is -2.04. The van der Waals surface area contributed by atoms with Crippen LogP contribution in [0.2, 0.25) is 5.02 Å². The molecule has 0 spiro atoms. The fraction of sp³-hybridized carbons (Fsp3) is 0.278. The van der Waals surface area contributed by atoms with Crippen LogP contribution in [0.4, 0.5) is 0 Å². The van der Waals surface area contributed by atoms with Gasteiger partial charge in [-0.15, -0.1) is 0 Å². The van der Waals surface area contributed by atoms with Crippen LogP contribution < -0.4 is 15.8 Å². The second kappa shape index (κ2) is 7.02. The summed E-state index contributed by atoms with van der Waals surface area (Å²) in [6, 6.07) is 16.1. The predicted molar refractivity (Wildman–Crippen MR) is 90.6 cm³/mol. The van der Waals surface area contributed by atoms with Crippen molar-refractivity contribution in [1.82, 2.24) is 5.32 Å². The summed E-state index contributed by atoms with van der Waals surface area (Å²) in [5, 5.41) is 3.87. The molecule has 0 aliphatic heterocycles. The molecule has 0 bridgehead atoms. The number of hydrogen-bond acceptors (Lipinski definition) is 3. The van der Waals surface area contributed by atoms with Crippen molar-refractivity contribution in [2.45, 2.75) is 25.0 Å². The molecule has 1 aliphatic carbocycles. The van der Waals surface area contributed by atoms with E-state index >= 15 is 0 Å². The van der Waals surface area contributed by atoms with Gasteiger partial charge in [-0.3, -0.25) is 4.79 Å². The van der Waals surface area contributed by atoms with E-state index in [1.54, 1.807) is 0 Å². The lowest BCUT2D eigenvalue weighted by atomic mass is 10.1. The Bertz CT molecular complexity index is 688. The lowest BCUT2D eigenvalue weighted by molar-refractivity contribution is -0.117. The molecule has 2 atom stereocenters. The van der Waals surface area contributed by atoms with Crippen LogP contribution in [-0.2, 0) is 11.4 Å². The van der Waals surface area contributed by atoms with Gasteiger partial charge >= 0.3 is 0 Å². The van der Waals surface area contributed by atoms with Crippen LogP contribution in [0, 0.1) is 0 Å². The minimum absolute atomic E-state index is 0.238. The van der Waals surface area contributed by atoms with Gasteiger partial charge in [-0.05, 0) is 41.8 Å². The van der Waals surface area contributed by atoms with Crippen molar-refractivity contribution in [3.8, 4) is 5.75 Å². The third kappa shape index (κ3) is 4.47. The van der Waals surface area contributed by atoms with E-state index in [0.29, 0.717) is 23.6 Å². The molecule has 1 unspecified atom stereocenters. The smallest absolute Gasteiger partial charge is 0.231 e. The highest BCUT2D eigenvalue weighted by Crippen LogP contribution is 2.41. The highest BCUT2D eigenvalue weighted by Gasteiger charge is 2.37. The van der Waals surface area contributed by atoms with Gasteiger partial charge in [0.1, 0.15) is 12.4 Å². The van der Waals surface area contributed by atoms with Gasteiger partial charge in [-0.25, -0.2) is 0 Å². The van der Waals surface area contributed by atoms with Gasteiger partial charge < -0.3 is 15.8 Å². The van der Waals surface area contributed by atoms with Crippen LogP contribution in [0.5, 0.6) is 5.75 Å². The Kier molecular flexibility index (Phi) is 4.84. The molecule has 1 saturated carbocycles. The van der Waals surface area contributed by atoms with E-state index in [0.717, 1.165) is 17.7 Å². The third-order valence-electron chi connectivity index (χ3n) is 3.93. The lowest BCUT2D eigenvalue weighted by Crippen LogP contribution is -2.30. The van der Waals surface area contributed by atoms with Crippen molar-refractivity contribution < 1.29 is 9.53 Å². The molecule has 4 nitrogen and oxygen atoms in total. The second-order valence-electron chi connectivity index (χ2n) is 5.78. The Morgan fingerprint density at radius 1 is 1.26 bits per heavy atom. The Morgan fingerprint density at radius 2 is 2.04 bits per heavy atom. The molecule has 0 aromatic heterocycles. The van der Waals surface area contributed by atoms with Gasteiger partial charge in [-0.1, -0.05) is 35.9 Å². The van der Waals surface area contributed by atoms with E-state index in [9.17, 15) is 4.79 Å². The van der Waals surface area contributed by atoms with E-state index in [1.165, 1.54) is 5.56 Å². The van der Waals surface area contributed by atoms with E-state index in [-0.39, 0.29) is 12.5 Å². The molecule has 23 heavy (non-hydrogen) atoms. The Labute approximate surface area is 140 Å². The summed E-state index contributed by atoms with van der Waals surface area (Å²) in [6.07, 6.45) is 1.04. The molecule has 2 aromatic rings. The first-order chi connectivity index (χ1) is 11.1. The van der Waals surface area contributed by atoms with Crippen molar-refractivity contribution in [2.24, 2.45) is 5.73 Å². The highest BCUT2D eigenvalue weighted by atomic mass is 35.5. The molecule has 3 N–H and O–H groups in total. The summed E-state index contributed by atoms with van der Waals surface area (Å²) in [4.78, 5) is 10.8. The maximum absolute atomic E-state index is 10.8. The monoisotopic (exact) mass is 330 g/mol. The molecule has 1 amide bonds. The Morgan fingerprint density at radius 3 is 2.74 bits per heavy atom. The summed E-state index contributed by atoms with van der Waals surface area (Å²) in [5.74, 6) is 0.966. The van der Waals surface area contributed by atoms with Crippen LogP contribution in [0.15, 0.2) is 48.5 Å². The quantitative estimate of drug-likeness (QED) is 0.820. The fourth-order valence-corrected chi connectivity index (χ4v) is 2.84. The molecule has 120 valence electrons. The van der Waals surface area contributed by atoms with Gasteiger partial charge in [0.05, 0.1) is 6.54 Å². The zero-order chi connectivity index (χ0) is 16.2. The zero-order valence-corrected chi connectivity index (χ0v) is 13.4. The second-order valence-corrected chi connectivity index (χ2v) is 6.22. The number of benzene rings is 2. The molecule has 3 rings (SSSR count). The summed E-state index contributed by atoms with van der Waals surface area (Å²) < 4.78 is 5.77. The minimum atomic E-state index is -0.319. The topological polar surface area (TPSA) is 64.4 Å². The molecular weight excluding hydrogens is 312 g/mol. The number of rotatable bonds is 7. The first-order valence-corrected chi connectivity index (χ1v) is 7.98. The normalized spacial score (nSPS) is 19.3. The number of carbonyl (C=O) groups excluding carboxylic acids is 1. The van der Waals surface area contributed by atoms with E-state index in [1.807, 2.05) is 36.4 Å². The maximum atomic E-state index is 10.8. The summed E-state index contributed by atoms with van der Waals surface area (Å²) >= 11 is 5.96. The molecule has 0 heterocycles. The van der Waals surface area contributed by atoms with Gasteiger partial charge in [-0.2, -0.15) is 0 Å². The number of nitrogens with two attached hydrogens (primary N) is 1. The van der Waals surface area contributed by atoms with E-state index in [4.69, 9.17) is 22.1 Å². The number of nitrogens with one attached hydrogen (secondary N) is 1. The van der Waals surface area contributed by atoms with Crippen molar-refractivity contribution in [1.29, 1.82) is 0 Å². The lowest BCUT2D eigenvalue weighted by Gasteiger charge is -2.08. The van der Waals surface area contributed by atoms with Gasteiger partial charge in [0.15, 0.2) is 0 Å². The molecule has 5 heteroatoms. The maximum Gasteiger partial charge on any atom is 0.231 e. The number of carbonyl (C=O) groups is 1. The van der Waals surface area contributed by atoms with Crippen molar-refractivity contribution in [3.63, 3.8) is 0 Å². The molecule has 1 aliphatic rings. The largest absolute Gasteiger partial charge is 0.489 e. The molecule has 0 radical (unpaired) electrons. The summed E-state index contributed by atoms with van der Waals surface area (Å²) in [7, 11) is 0. The molecule has 1 fully saturated rings. The predicted octanol–water partition coefficient (Wildman–Crippen LogP) is 2.85. The molecular formula is C18H19ClN2O2. The SMILES string of the molecule is NC(=O)CN[C@H]1CC1c1ccc(OCc2cccc(Cl)c2)cc1. The molecule has 2 aromatic carbocycles. The average molecular weight is 331 g/mol. The minimum Gasteiger partial charge on any atom is -0.489 e. The van der Waals surface area contributed by atoms with Crippen LogP contribution in [-0.4, -0.2) is 18.5 Å². The van der Waals surface area contributed by atoms with Crippen LogP contribution in [0.25, 0.3) is 0 Å². The standard InChI is InChI=1S/C18H19ClN2O2/c19-14-3-1-2-12(8-14)11-23-15-6-4-13(5-7-15)16-9-17(16)21-10-18(20)22/h1-8,16-17,21H,9-11H2,(H2,20,22)/t16?,17-/m0/s1. The van der Waals surface area contributed by atoms with Crippen LogP contribution in [0.3, 0.4) is 0 Å². The van der Waals surface area contributed by atoms with E-state index in [2.05, 4.69) is 17.4 Å². The number of ether oxygens (including phenoxy) is 1. The first-order valence-electron chi connectivity index (χ1n) is 7.61. The number of hydrogen-bond donors (Lipinski definition) is 2. The van der Waals surface area contributed by atoms with Crippen molar-refractivity contribution >= 4 is 17.5 Å². The first kappa shape index (κ1) is 15.8. The van der Waals surface area contributed by atoms with Crippen LogP contribution >= 0.6 is 11.6 Å². The summed E-state index contributed by atoms with van der Waals surface area (Å²) in [5.41, 5.74) is 7.43. The zero-order valence-electron chi connectivity index (χ0n) is 12.7. The van der Waals surface area contributed by atoms with Crippen LogP contribution in [0.1, 0.15) is 23.5 Å². The van der Waals surface area contributed by atoms with E-state index < -0.39 is 0 Å². The summed E-state index contributed by atoms with van der Waals surface area (Å²) in [6.45, 7) is 0.730. The number of primary amides is 1. The molecule has 0 saturated heterocycles. The third-order valence-corrected chi connectivity index (χ3v) is 4.17. The average Bonchev–Trinajstić information content (AvgIpc) is 3.31. The van der Waals surface area contributed by atoms with Gasteiger partial charge in [0.25, 0.3) is 0 Å². The number of amides is 1. The van der Waals surface area contributed by atoms with Gasteiger partial charge in [0.2, 0.25) is 5.91 Å². The van der Waals surface area contributed by atoms with Crippen molar-refractivity contribution in [3.05, 3.63) is 64.7 Å². The fourth-order valence-electron chi connectivity index (χ4n) is 2.63.